The fourth-order valence-electron chi connectivity index (χ4n) is 2.89. The SMILES string of the molecule is CCCNC(=O)CN=C(NCC)NCCCC1CCCCC1. The predicted molar refractivity (Wildman–Crippen MR) is 93.1 cm³/mol. The van der Waals surface area contributed by atoms with E-state index in [1.54, 1.807) is 0 Å². The minimum atomic E-state index is -0.0127. The number of carbonyl (C=O) groups excluding carboxylic acids is 1. The summed E-state index contributed by atoms with van der Waals surface area (Å²) >= 11 is 0. The Morgan fingerprint density at radius 3 is 2.50 bits per heavy atom. The highest BCUT2D eigenvalue weighted by atomic mass is 16.1. The highest BCUT2D eigenvalue weighted by Gasteiger charge is 2.12. The number of aliphatic imine (C=N–C) groups is 1. The molecule has 0 heterocycles. The van der Waals surface area contributed by atoms with Crippen LogP contribution in [0.5, 0.6) is 0 Å². The van der Waals surface area contributed by atoms with Gasteiger partial charge in [0.25, 0.3) is 0 Å². The maximum atomic E-state index is 11.6. The number of hydrogen-bond donors (Lipinski definition) is 3. The largest absolute Gasteiger partial charge is 0.357 e. The van der Waals surface area contributed by atoms with Crippen LogP contribution >= 0.6 is 0 Å². The minimum absolute atomic E-state index is 0.0127. The molecule has 0 spiro atoms. The van der Waals surface area contributed by atoms with Gasteiger partial charge < -0.3 is 16.0 Å². The summed E-state index contributed by atoms with van der Waals surface area (Å²) in [7, 11) is 0. The second-order valence-electron chi connectivity index (χ2n) is 6.12. The van der Waals surface area contributed by atoms with Crippen LogP contribution < -0.4 is 16.0 Å². The van der Waals surface area contributed by atoms with Crippen LogP contribution in [0.15, 0.2) is 4.99 Å². The standard InChI is InChI=1S/C17H34N4O/c1-3-12-19-16(22)14-21-17(18-4-2)20-13-8-11-15-9-6-5-7-10-15/h15H,3-14H2,1-2H3,(H,19,22)(H2,18,20,21). The molecule has 1 amide bonds. The second kappa shape index (κ2) is 12.3. The zero-order valence-electron chi connectivity index (χ0n) is 14.4. The molecule has 0 unspecified atom stereocenters. The molecule has 128 valence electrons. The molecule has 1 aliphatic carbocycles. The molecule has 0 aromatic rings. The molecule has 5 heteroatoms. The summed E-state index contributed by atoms with van der Waals surface area (Å²) in [5.41, 5.74) is 0. The van der Waals surface area contributed by atoms with Gasteiger partial charge in [-0.3, -0.25) is 4.79 Å². The zero-order valence-corrected chi connectivity index (χ0v) is 14.4. The van der Waals surface area contributed by atoms with Crippen LogP contribution in [0.3, 0.4) is 0 Å². The van der Waals surface area contributed by atoms with Crippen molar-refractivity contribution in [2.45, 2.75) is 65.2 Å². The molecule has 1 rings (SSSR count). The first-order chi connectivity index (χ1) is 10.8. The Kier molecular flexibility index (Phi) is 10.5. The third-order valence-electron chi connectivity index (χ3n) is 4.10. The molecule has 0 aromatic heterocycles. The van der Waals surface area contributed by atoms with E-state index in [-0.39, 0.29) is 12.5 Å². The zero-order chi connectivity index (χ0) is 16.0. The molecular weight excluding hydrogens is 276 g/mol. The van der Waals surface area contributed by atoms with Gasteiger partial charge in [-0.2, -0.15) is 0 Å². The van der Waals surface area contributed by atoms with Crippen LogP contribution in [0.2, 0.25) is 0 Å². The molecule has 0 aromatic carbocycles. The van der Waals surface area contributed by atoms with Crippen molar-refractivity contribution in [1.29, 1.82) is 0 Å². The number of rotatable bonds is 9. The number of guanidine groups is 1. The fourth-order valence-corrected chi connectivity index (χ4v) is 2.89. The van der Waals surface area contributed by atoms with E-state index in [4.69, 9.17) is 0 Å². The molecule has 5 nitrogen and oxygen atoms in total. The van der Waals surface area contributed by atoms with Crippen LogP contribution in [0.4, 0.5) is 0 Å². The number of nitrogens with one attached hydrogen (secondary N) is 3. The molecule has 0 aliphatic heterocycles. The lowest BCUT2D eigenvalue weighted by atomic mass is 9.86. The normalized spacial score (nSPS) is 16.4. The smallest absolute Gasteiger partial charge is 0.241 e. The summed E-state index contributed by atoms with van der Waals surface area (Å²) in [4.78, 5) is 15.9. The van der Waals surface area contributed by atoms with Crippen molar-refractivity contribution >= 4 is 11.9 Å². The van der Waals surface area contributed by atoms with Gasteiger partial charge in [-0.1, -0.05) is 39.0 Å². The summed E-state index contributed by atoms with van der Waals surface area (Å²) in [6.45, 7) is 6.74. The summed E-state index contributed by atoms with van der Waals surface area (Å²) in [6, 6.07) is 0. The van der Waals surface area contributed by atoms with Crippen LogP contribution in [0.25, 0.3) is 0 Å². The van der Waals surface area contributed by atoms with Gasteiger partial charge in [0.05, 0.1) is 0 Å². The van der Waals surface area contributed by atoms with Gasteiger partial charge >= 0.3 is 0 Å². The lowest BCUT2D eigenvalue weighted by Crippen LogP contribution is -2.39. The average molecular weight is 310 g/mol. The van der Waals surface area contributed by atoms with E-state index in [1.807, 2.05) is 13.8 Å². The first-order valence-corrected chi connectivity index (χ1v) is 9.05. The van der Waals surface area contributed by atoms with Gasteiger partial charge in [-0.15, -0.1) is 0 Å². The van der Waals surface area contributed by atoms with Crippen molar-refractivity contribution in [2.75, 3.05) is 26.2 Å². The van der Waals surface area contributed by atoms with E-state index in [0.29, 0.717) is 0 Å². The Balaban J connectivity index is 2.19. The Hall–Kier alpha value is -1.26. The van der Waals surface area contributed by atoms with E-state index in [0.717, 1.165) is 37.9 Å². The van der Waals surface area contributed by atoms with E-state index >= 15 is 0 Å². The monoisotopic (exact) mass is 310 g/mol. The third kappa shape index (κ3) is 8.90. The third-order valence-corrected chi connectivity index (χ3v) is 4.10. The van der Waals surface area contributed by atoms with Crippen molar-refractivity contribution in [2.24, 2.45) is 10.9 Å². The molecule has 0 atom stereocenters. The van der Waals surface area contributed by atoms with Gasteiger partial charge in [-0.05, 0) is 32.1 Å². The molecule has 1 aliphatic rings. The van der Waals surface area contributed by atoms with Crippen LogP contribution in [-0.2, 0) is 4.79 Å². The Morgan fingerprint density at radius 2 is 1.82 bits per heavy atom. The fraction of sp³-hybridized carbons (Fsp3) is 0.882. The molecule has 1 fully saturated rings. The van der Waals surface area contributed by atoms with Gasteiger partial charge in [0, 0.05) is 19.6 Å². The Labute approximate surface area is 135 Å². The van der Waals surface area contributed by atoms with Gasteiger partial charge in [0.2, 0.25) is 5.91 Å². The number of hydrogen-bond acceptors (Lipinski definition) is 2. The Bertz CT molecular complexity index is 325. The summed E-state index contributed by atoms with van der Waals surface area (Å²) in [6.07, 6.45) is 10.5. The second-order valence-corrected chi connectivity index (χ2v) is 6.12. The molecule has 1 saturated carbocycles. The predicted octanol–water partition coefficient (Wildman–Crippen LogP) is 2.43. The minimum Gasteiger partial charge on any atom is -0.357 e. The number of carbonyl (C=O) groups is 1. The number of amides is 1. The quantitative estimate of drug-likeness (QED) is 0.348. The van der Waals surface area contributed by atoms with Crippen LogP contribution in [0.1, 0.15) is 65.2 Å². The first kappa shape index (κ1) is 18.8. The maximum absolute atomic E-state index is 11.6. The molecule has 0 saturated heterocycles. The molecule has 0 radical (unpaired) electrons. The Morgan fingerprint density at radius 1 is 1.05 bits per heavy atom. The lowest BCUT2D eigenvalue weighted by molar-refractivity contribution is -0.119. The van der Waals surface area contributed by atoms with Gasteiger partial charge in [0.1, 0.15) is 6.54 Å². The molecule has 0 bridgehead atoms. The van der Waals surface area contributed by atoms with E-state index in [2.05, 4.69) is 20.9 Å². The van der Waals surface area contributed by atoms with Crippen molar-refractivity contribution in [3.8, 4) is 0 Å². The van der Waals surface area contributed by atoms with Crippen molar-refractivity contribution < 1.29 is 4.79 Å². The highest BCUT2D eigenvalue weighted by molar-refractivity contribution is 5.84. The van der Waals surface area contributed by atoms with Crippen molar-refractivity contribution in [1.82, 2.24) is 16.0 Å². The van der Waals surface area contributed by atoms with E-state index in [9.17, 15) is 4.79 Å². The van der Waals surface area contributed by atoms with Crippen LogP contribution in [0, 0.1) is 5.92 Å². The van der Waals surface area contributed by atoms with Crippen LogP contribution in [-0.4, -0.2) is 38.0 Å². The van der Waals surface area contributed by atoms with E-state index < -0.39 is 0 Å². The maximum Gasteiger partial charge on any atom is 0.241 e. The highest BCUT2D eigenvalue weighted by Crippen LogP contribution is 2.26. The topological polar surface area (TPSA) is 65.5 Å². The van der Waals surface area contributed by atoms with Gasteiger partial charge in [-0.25, -0.2) is 4.99 Å². The average Bonchev–Trinajstić information content (AvgIpc) is 2.55. The summed E-state index contributed by atoms with van der Waals surface area (Å²) in [5.74, 6) is 1.66. The van der Waals surface area contributed by atoms with E-state index in [1.165, 1.54) is 44.9 Å². The number of nitrogens with zero attached hydrogens (tertiary/aromatic N) is 1. The van der Waals surface area contributed by atoms with Crippen molar-refractivity contribution in [3.05, 3.63) is 0 Å². The van der Waals surface area contributed by atoms with Crippen molar-refractivity contribution in [3.63, 3.8) is 0 Å². The summed E-state index contributed by atoms with van der Waals surface area (Å²) < 4.78 is 0. The molecular formula is C17H34N4O. The molecule has 3 N–H and O–H groups in total. The molecule has 22 heavy (non-hydrogen) atoms. The lowest BCUT2D eigenvalue weighted by Gasteiger charge is -2.21. The summed E-state index contributed by atoms with van der Waals surface area (Å²) in [5, 5.41) is 9.36. The first-order valence-electron chi connectivity index (χ1n) is 9.05. The van der Waals surface area contributed by atoms with Gasteiger partial charge in [0.15, 0.2) is 5.96 Å².